The Morgan fingerprint density at radius 3 is 1.91 bits per heavy atom. The molecule has 122 valence electrons. The smallest absolute Gasteiger partial charge is 0.115 e. The van der Waals surface area contributed by atoms with Crippen molar-refractivity contribution in [2.75, 3.05) is 19.5 Å². The Labute approximate surface area is 153 Å². The molecule has 0 spiro atoms. The Kier molecular flexibility index (Phi) is 2.68. The summed E-state index contributed by atoms with van der Waals surface area (Å²) in [4.78, 5) is 0.414. The second kappa shape index (κ2) is 7.76. The molecule has 0 atom stereocenters. The first-order chi connectivity index (χ1) is 15.0. The maximum absolute atomic E-state index is 11.6. The van der Waals surface area contributed by atoms with E-state index in [0.717, 1.165) is 0 Å². The molecule has 23 heavy (non-hydrogen) atoms. The van der Waals surface area contributed by atoms with Crippen molar-refractivity contribution < 1.29 is 18.8 Å². The van der Waals surface area contributed by atoms with Crippen LogP contribution in [0.4, 0.5) is 0 Å². The van der Waals surface area contributed by atoms with Crippen LogP contribution in [0.2, 0.25) is 0 Å². The van der Waals surface area contributed by atoms with E-state index in [9.17, 15) is 5.11 Å². The molecule has 1 aliphatic rings. The highest BCUT2D eigenvalue weighted by atomic mass is 16.3. The van der Waals surface area contributed by atoms with Crippen molar-refractivity contribution in [2.24, 2.45) is 0 Å². The number of nitrogens with zero attached hydrogens (tertiary/aromatic N) is 1. The van der Waals surface area contributed by atoms with Crippen molar-refractivity contribution in [1.29, 1.82) is 0 Å². The van der Waals surface area contributed by atoms with E-state index < -0.39 is 44.3 Å². The van der Waals surface area contributed by atoms with Crippen LogP contribution in [0.3, 0.4) is 0 Å². The highest BCUT2D eigenvalue weighted by Gasteiger charge is 2.30. The van der Waals surface area contributed by atoms with Gasteiger partial charge in [-0.1, -0.05) is 67.0 Å². The van der Waals surface area contributed by atoms with Gasteiger partial charge in [0.25, 0.3) is 0 Å². The molecule has 2 aromatic carbocycles. The van der Waals surface area contributed by atoms with E-state index >= 15 is 0 Å². The zero-order valence-electron chi connectivity index (χ0n) is 22.8. The highest BCUT2D eigenvalue weighted by molar-refractivity contribution is 5.35. The average Bonchev–Trinajstić information content (AvgIpc) is 2.76. The summed E-state index contributed by atoms with van der Waals surface area (Å²) in [7, 11) is 0. The van der Waals surface area contributed by atoms with E-state index in [1.54, 1.807) is 60.7 Å². The lowest BCUT2D eigenvalue weighted by molar-refractivity contribution is 0.0638. The number of benzene rings is 2. The van der Waals surface area contributed by atoms with Crippen molar-refractivity contribution in [3.05, 3.63) is 71.8 Å². The standard InChI is InChI=1S/C21H27NO/c23-21(19-11-4-1-5-12-19,20-13-6-2-7-14-20)15-10-18-22-16-8-3-9-17-22/h1-2,4-7,11-14,23H,3,8-10,15-18H2/i3D2,8D2,9D2,16D2,17D2. The van der Waals surface area contributed by atoms with Gasteiger partial charge in [0, 0.05) is 13.7 Å². The predicted molar refractivity (Wildman–Crippen MR) is 95.4 cm³/mol. The van der Waals surface area contributed by atoms with Crippen LogP contribution in [0.1, 0.15) is 56.8 Å². The third-order valence-electron chi connectivity index (χ3n) is 3.93. The van der Waals surface area contributed by atoms with Crippen LogP contribution in [0.5, 0.6) is 0 Å². The van der Waals surface area contributed by atoms with Crippen LogP contribution < -0.4 is 0 Å². The van der Waals surface area contributed by atoms with E-state index in [4.69, 9.17) is 13.7 Å². The zero-order valence-corrected chi connectivity index (χ0v) is 12.8. The molecule has 0 saturated carbocycles. The first kappa shape index (κ1) is 7.96. The summed E-state index contributed by atoms with van der Waals surface area (Å²) in [6.45, 7) is -6.75. The lowest BCUT2D eigenvalue weighted by atomic mass is 9.82. The largest absolute Gasteiger partial charge is 0.380 e. The van der Waals surface area contributed by atoms with E-state index in [1.807, 2.05) is 0 Å². The van der Waals surface area contributed by atoms with E-state index in [-0.39, 0.29) is 12.8 Å². The fourth-order valence-electron chi connectivity index (χ4n) is 2.74. The third-order valence-corrected chi connectivity index (χ3v) is 3.93. The molecule has 2 nitrogen and oxygen atoms in total. The molecule has 1 heterocycles. The Bertz CT molecular complexity index is 896. The third kappa shape index (κ3) is 4.01. The van der Waals surface area contributed by atoms with Gasteiger partial charge in [0.05, 0.1) is 0 Å². The molecule has 1 saturated heterocycles. The average molecular weight is 320 g/mol. The summed E-state index contributed by atoms with van der Waals surface area (Å²) < 4.78 is 81.0. The molecule has 0 aliphatic carbocycles. The van der Waals surface area contributed by atoms with E-state index in [0.29, 0.717) is 16.0 Å². The number of hydrogen-bond donors (Lipinski definition) is 1. The van der Waals surface area contributed by atoms with Crippen LogP contribution in [0, 0.1) is 0 Å². The molecule has 0 radical (unpaired) electrons. The quantitative estimate of drug-likeness (QED) is 0.863. The van der Waals surface area contributed by atoms with Gasteiger partial charge >= 0.3 is 0 Å². The van der Waals surface area contributed by atoms with Gasteiger partial charge in [-0.15, -0.1) is 0 Å². The van der Waals surface area contributed by atoms with E-state index in [2.05, 4.69) is 0 Å². The second-order valence-electron chi connectivity index (χ2n) is 5.45. The molecular weight excluding hydrogens is 282 g/mol. The summed E-state index contributed by atoms with van der Waals surface area (Å²) in [5, 5.41) is 11.6. The highest BCUT2D eigenvalue weighted by Crippen LogP contribution is 2.34. The monoisotopic (exact) mass is 319 g/mol. The molecule has 0 bridgehead atoms. The van der Waals surface area contributed by atoms with Crippen LogP contribution in [-0.4, -0.2) is 29.5 Å². The van der Waals surface area contributed by atoms with Crippen molar-refractivity contribution >= 4 is 0 Å². The maximum Gasteiger partial charge on any atom is 0.115 e. The van der Waals surface area contributed by atoms with Gasteiger partial charge in [-0.2, -0.15) is 0 Å². The minimum atomic E-state index is -3.43. The number of hydrogen-bond acceptors (Lipinski definition) is 2. The van der Waals surface area contributed by atoms with Crippen LogP contribution in [0.25, 0.3) is 0 Å². The number of likely N-dealkylation sites (tertiary alicyclic amines) is 1. The van der Waals surface area contributed by atoms with Crippen LogP contribution in [-0.2, 0) is 5.60 Å². The maximum atomic E-state index is 11.6. The predicted octanol–water partition coefficient (Wildman–Crippen LogP) is 4.19. The molecule has 3 rings (SSSR count). The minimum absolute atomic E-state index is 0.0164. The number of rotatable bonds is 6. The Hall–Kier alpha value is -1.64. The van der Waals surface area contributed by atoms with Gasteiger partial charge in [0.1, 0.15) is 5.60 Å². The van der Waals surface area contributed by atoms with E-state index in [1.165, 1.54) is 0 Å². The zero-order chi connectivity index (χ0) is 24.9. The molecule has 2 heteroatoms. The molecule has 1 N–H and O–H groups in total. The van der Waals surface area contributed by atoms with Gasteiger partial charge in [-0.05, 0) is 56.3 Å². The minimum Gasteiger partial charge on any atom is -0.380 e. The van der Waals surface area contributed by atoms with Crippen molar-refractivity contribution in [2.45, 2.75) is 37.6 Å². The van der Waals surface area contributed by atoms with Crippen molar-refractivity contribution in [1.82, 2.24) is 4.90 Å². The Morgan fingerprint density at radius 1 is 0.870 bits per heavy atom. The molecule has 1 fully saturated rings. The van der Waals surface area contributed by atoms with Gasteiger partial charge in [0.15, 0.2) is 0 Å². The number of piperidine rings is 1. The number of aliphatic hydroxyl groups is 1. The lowest BCUT2D eigenvalue weighted by Crippen LogP contribution is -2.33. The topological polar surface area (TPSA) is 23.5 Å². The fraction of sp³-hybridized carbons (Fsp3) is 0.429. The van der Waals surface area contributed by atoms with Gasteiger partial charge in [-0.25, -0.2) is 0 Å². The van der Waals surface area contributed by atoms with Crippen molar-refractivity contribution in [3.63, 3.8) is 0 Å². The van der Waals surface area contributed by atoms with Crippen LogP contribution in [0.15, 0.2) is 60.7 Å². The van der Waals surface area contributed by atoms with Gasteiger partial charge in [0.2, 0.25) is 0 Å². The summed E-state index contributed by atoms with van der Waals surface area (Å²) >= 11 is 0. The van der Waals surface area contributed by atoms with Crippen LogP contribution >= 0.6 is 0 Å². The lowest BCUT2D eigenvalue weighted by Gasteiger charge is -2.32. The molecule has 2 aromatic rings. The Balaban J connectivity index is 1.94. The fourth-order valence-corrected chi connectivity index (χ4v) is 2.74. The van der Waals surface area contributed by atoms with Gasteiger partial charge in [-0.3, -0.25) is 0 Å². The molecule has 0 amide bonds. The Morgan fingerprint density at radius 2 is 1.39 bits per heavy atom. The van der Waals surface area contributed by atoms with Gasteiger partial charge < -0.3 is 10.0 Å². The molecular formula is C21H27NO. The summed E-state index contributed by atoms with van der Waals surface area (Å²) in [6, 6.07) is 17.6. The first-order valence-electron chi connectivity index (χ1n) is 12.7. The molecule has 0 unspecified atom stereocenters. The normalized spacial score (nSPS) is 33.8. The second-order valence-corrected chi connectivity index (χ2v) is 5.45. The molecule has 0 aromatic heterocycles. The summed E-state index contributed by atoms with van der Waals surface area (Å²) in [5.41, 5.74) is -0.351. The summed E-state index contributed by atoms with van der Waals surface area (Å²) in [5.74, 6) is 0. The SMILES string of the molecule is [2H]C1([2H])N(CCCC(O)(c2ccccc2)c2ccccc2)C([2H])([2H])C([2H])([2H])C([2H])([2H])C1([2H])[2H]. The molecule has 1 aliphatic heterocycles. The first-order valence-corrected chi connectivity index (χ1v) is 7.66. The van der Waals surface area contributed by atoms with Crippen molar-refractivity contribution in [3.8, 4) is 0 Å². The summed E-state index contributed by atoms with van der Waals surface area (Å²) in [6.07, 6.45) is -10.1.